The summed E-state index contributed by atoms with van der Waals surface area (Å²) in [5.41, 5.74) is 0.0866. The number of nitrogens with zero attached hydrogens (tertiary/aromatic N) is 2. The van der Waals surface area contributed by atoms with Crippen molar-refractivity contribution in [3.05, 3.63) is 16.9 Å². The van der Waals surface area contributed by atoms with Gasteiger partial charge in [-0.2, -0.15) is 5.10 Å². The molecule has 1 aliphatic carbocycles. The fraction of sp³-hybridized carbons (Fsp3) is 0.429. The Morgan fingerprint density at radius 2 is 2.42 bits per heavy atom. The molecule has 1 aliphatic rings. The molecule has 4 nitrogen and oxygen atoms in total. The number of aromatic nitrogens is 2. The number of carboxylic acid groups (broad SMARTS) is 1. The molecule has 1 N–H and O–H groups in total. The standard InChI is InChI=1S/C7H7ClN2O2/c8-6-5(7(11)12)3-9-10(6)4-1-2-4/h3-4H,1-2H2,(H,11,12). The summed E-state index contributed by atoms with van der Waals surface area (Å²) >= 11 is 5.77. The second-order valence-electron chi connectivity index (χ2n) is 2.83. The summed E-state index contributed by atoms with van der Waals surface area (Å²) in [6, 6.07) is 0.325. The van der Waals surface area contributed by atoms with Crippen LogP contribution in [-0.2, 0) is 0 Å². The van der Waals surface area contributed by atoms with Crippen molar-refractivity contribution in [1.82, 2.24) is 9.78 Å². The van der Waals surface area contributed by atoms with Crippen molar-refractivity contribution in [2.45, 2.75) is 18.9 Å². The topological polar surface area (TPSA) is 55.1 Å². The van der Waals surface area contributed by atoms with Crippen molar-refractivity contribution in [2.75, 3.05) is 0 Å². The zero-order chi connectivity index (χ0) is 8.72. The molecule has 0 bridgehead atoms. The fourth-order valence-electron chi connectivity index (χ4n) is 1.06. The van der Waals surface area contributed by atoms with Gasteiger partial charge >= 0.3 is 5.97 Å². The average molecular weight is 187 g/mol. The lowest BCUT2D eigenvalue weighted by Crippen LogP contribution is -1.98. The Morgan fingerprint density at radius 1 is 1.75 bits per heavy atom. The normalized spacial score (nSPS) is 16.4. The van der Waals surface area contributed by atoms with Crippen molar-refractivity contribution < 1.29 is 9.90 Å². The highest BCUT2D eigenvalue weighted by atomic mass is 35.5. The van der Waals surface area contributed by atoms with Crippen molar-refractivity contribution in [3.63, 3.8) is 0 Å². The van der Waals surface area contributed by atoms with Crippen LogP contribution in [0.15, 0.2) is 6.20 Å². The van der Waals surface area contributed by atoms with Gasteiger partial charge in [0.25, 0.3) is 0 Å². The van der Waals surface area contributed by atoms with Crippen molar-refractivity contribution >= 4 is 17.6 Å². The maximum atomic E-state index is 10.5. The van der Waals surface area contributed by atoms with Gasteiger partial charge in [-0.05, 0) is 12.8 Å². The third kappa shape index (κ3) is 1.08. The minimum Gasteiger partial charge on any atom is -0.478 e. The lowest BCUT2D eigenvalue weighted by molar-refractivity contribution is 0.0697. The number of hydrogen-bond donors (Lipinski definition) is 1. The summed E-state index contributed by atoms with van der Waals surface area (Å²) in [5, 5.41) is 12.8. The highest BCUT2D eigenvalue weighted by Gasteiger charge is 2.28. The Bertz CT molecular complexity index is 330. The van der Waals surface area contributed by atoms with Gasteiger partial charge in [0.15, 0.2) is 0 Å². The zero-order valence-electron chi connectivity index (χ0n) is 6.20. The summed E-state index contributed by atoms with van der Waals surface area (Å²) in [4.78, 5) is 10.5. The SMILES string of the molecule is O=C(O)c1cnn(C2CC2)c1Cl. The molecule has 1 saturated carbocycles. The van der Waals surface area contributed by atoms with E-state index in [0.29, 0.717) is 6.04 Å². The number of aromatic carboxylic acids is 1. The maximum absolute atomic E-state index is 10.5. The van der Waals surface area contributed by atoms with Crippen LogP contribution in [-0.4, -0.2) is 20.9 Å². The fourth-order valence-corrected chi connectivity index (χ4v) is 1.38. The van der Waals surface area contributed by atoms with E-state index < -0.39 is 5.97 Å². The van der Waals surface area contributed by atoms with Gasteiger partial charge in [0.2, 0.25) is 0 Å². The molecule has 5 heteroatoms. The molecule has 0 aliphatic heterocycles. The van der Waals surface area contributed by atoms with Gasteiger partial charge in [0.05, 0.1) is 12.2 Å². The van der Waals surface area contributed by atoms with Crippen LogP contribution < -0.4 is 0 Å². The van der Waals surface area contributed by atoms with Crippen LogP contribution in [0.1, 0.15) is 29.2 Å². The minimum absolute atomic E-state index is 0.0866. The monoisotopic (exact) mass is 186 g/mol. The molecule has 1 fully saturated rings. The number of carboxylic acids is 1. The molecule has 1 aromatic heterocycles. The lowest BCUT2D eigenvalue weighted by atomic mass is 10.4. The first-order valence-electron chi connectivity index (χ1n) is 3.66. The molecule has 0 atom stereocenters. The van der Waals surface area contributed by atoms with E-state index in [9.17, 15) is 4.79 Å². The number of halogens is 1. The molecule has 0 radical (unpaired) electrons. The molecule has 12 heavy (non-hydrogen) atoms. The van der Waals surface area contributed by atoms with Gasteiger partial charge in [-0.1, -0.05) is 11.6 Å². The Kier molecular flexibility index (Phi) is 1.58. The van der Waals surface area contributed by atoms with Crippen molar-refractivity contribution in [3.8, 4) is 0 Å². The molecule has 0 unspecified atom stereocenters. The molecule has 1 aromatic rings. The van der Waals surface area contributed by atoms with E-state index in [1.165, 1.54) is 6.20 Å². The lowest BCUT2D eigenvalue weighted by Gasteiger charge is -1.97. The predicted molar refractivity (Wildman–Crippen MR) is 42.5 cm³/mol. The Balaban J connectivity index is 2.39. The molecular formula is C7H7ClN2O2. The highest BCUT2D eigenvalue weighted by Crippen LogP contribution is 2.37. The third-order valence-electron chi connectivity index (χ3n) is 1.86. The van der Waals surface area contributed by atoms with E-state index in [-0.39, 0.29) is 10.7 Å². The second-order valence-corrected chi connectivity index (χ2v) is 3.19. The molecule has 0 saturated heterocycles. The van der Waals surface area contributed by atoms with Crippen LogP contribution in [0, 0.1) is 0 Å². The second kappa shape index (κ2) is 2.48. The largest absolute Gasteiger partial charge is 0.478 e. The number of rotatable bonds is 2. The summed E-state index contributed by atoms with van der Waals surface area (Å²) < 4.78 is 1.57. The van der Waals surface area contributed by atoms with E-state index in [2.05, 4.69) is 5.10 Å². The van der Waals surface area contributed by atoms with Gasteiger partial charge in [0.1, 0.15) is 10.7 Å². The number of hydrogen-bond acceptors (Lipinski definition) is 2. The van der Waals surface area contributed by atoms with Crippen LogP contribution in [0.5, 0.6) is 0 Å². The quantitative estimate of drug-likeness (QED) is 0.763. The molecular weight excluding hydrogens is 180 g/mol. The first-order valence-corrected chi connectivity index (χ1v) is 4.04. The molecule has 1 heterocycles. The van der Waals surface area contributed by atoms with E-state index in [4.69, 9.17) is 16.7 Å². The summed E-state index contributed by atoms with van der Waals surface area (Å²) in [7, 11) is 0. The van der Waals surface area contributed by atoms with E-state index in [0.717, 1.165) is 12.8 Å². The van der Waals surface area contributed by atoms with Crippen LogP contribution in [0.2, 0.25) is 5.15 Å². The van der Waals surface area contributed by atoms with Crippen LogP contribution in [0.25, 0.3) is 0 Å². The first kappa shape index (κ1) is 7.61. The highest BCUT2D eigenvalue weighted by molar-refractivity contribution is 6.32. The Hall–Kier alpha value is -1.03. The summed E-state index contributed by atoms with van der Waals surface area (Å²) in [6.45, 7) is 0. The smallest absolute Gasteiger partial charge is 0.340 e. The van der Waals surface area contributed by atoms with Crippen molar-refractivity contribution in [1.29, 1.82) is 0 Å². The average Bonchev–Trinajstić information content (AvgIpc) is 2.75. The maximum Gasteiger partial charge on any atom is 0.340 e. The minimum atomic E-state index is -1.02. The molecule has 0 spiro atoms. The van der Waals surface area contributed by atoms with Gasteiger partial charge in [-0.3, -0.25) is 4.68 Å². The molecule has 0 aromatic carbocycles. The Labute approximate surface area is 73.8 Å². The third-order valence-corrected chi connectivity index (χ3v) is 2.23. The Morgan fingerprint density at radius 3 is 2.83 bits per heavy atom. The summed E-state index contributed by atoms with van der Waals surface area (Å²) in [5.74, 6) is -1.02. The zero-order valence-corrected chi connectivity index (χ0v) is 6.95. The van der Waals surface area contributed by atoms with Crippen LogP contribution in [0.3, 0.4) is 0 Å². The van der Waals surface area contributed by atoms with Gasteiger partial charge < -0.3 is 5.11 Å². The first-order chi connectivity index (χ1) is 5.70. The summed E-state index contributed by atoms with van der Waals surface area (Å²) in [6.07, 6.45) is 3.38. The van der Waals surface area contributed by atoms with E-state index in [1.54, 1.807) is 4.68 Å². The van der Waals surface area contributed by atoms with E-state index >= 15 is 0 Å². The number of carbonyl (C=O) groups is 1. The van der Waals surface area contributed by atoms with Crippen molar-refractivity contribution in [2.24, 2.45) is 0 Å². The van der Waals surface area contributed by atoms with E-state index in [1.807, 2.05) is 0 Å². The van der Waals surface area contributed by atoms with Crippen LogP contribution >= 0.6 is 11.6 Å². The predicted octanol–water partition coefficient (Wildman–Crippen LogP) is 1.57. The van der Waals surface area contributed by atoms with Gasteiger partial charge in [-0.25, -0.2) is 4.79 Å². The molecule has 0 amide bonds. The van der Waals surface area contributed by atoms with Crippen LogP contribution in [0.4, 0.5) is 0 Å². The van der Waals surface area contributed by atoms with Gasteiger partial charge in [-0.15, -0.1) is 0 Å². The van der Waals surface area contributed by atoms with Gasteiger partial charge in [0, 0.05) is 0 Å². The molecule has 64 valence electrons. The molecule has 2 rings (SSSR count).